The lowest BCUT2D eigenvalue weighted by Gasteiger charge is -2.31. The summed E-state index contributed by atoms with van der Waals surface area (Å²) in [5, 5.41) is 24.3. The molecule has 11 heteroatoms. The average molecular weight is 466 g/mol. The van der Waals surface area contributed by atoms with Crippen LogP contribution in [0, 0.1) is 5.92 Å². The number of hydrogen-bond donors (Lipinski definition) is 4. The summed E-state index contributed by atoms with van der Waals surface area (Å²) in [4.78, 5) is 45.4. The van der Waals surface area contributed by atoms with E-state index in [0.717, 1.165) is 0 Å². The van der Waals surface area contributed by atoms with Gasteiger partial charge in [-0.25, -0.2) is 4.79 Å². The van der Waals surface area contributed by atoms with Crippen LogP contribution in [0.1, 0.15) is 44.2 Å². The van der Waals surface area contributed by atoms with E-state index in [-0.39, 0.29) is 56.8 Å². The van der Waals surface area contributed by atoms with Crippen molar-refractivity contribution in [3.05, 3.63) is 29.3 Å². The van der Waals surface area contributed by atoms with Crippen LogP contribution in [0.15, 0.2) is 18.2 Å². The smallest absolute Gasteiger partial charge is 0.333 e. The van der Waals surface area contributed by atoms with Crippen LogP contribution in [0.4, 0.5) is 0 Å². The van der Waals surface area contributed by atoms with Crippen LogP contribution in [0.25, 0.3) is 0 Å². The lowest BCUT2D eigenvalue weighted by Crippen LogP contribution is -2.42. The van der Waals surface area contributed by atoms with E-state index in [1.54, 1.807) is 32.0 Å². The van der Waals surface area contributed by atoms with Crippen molar-refractivity contribution >= 4 is 24.3 Å². The first-order valence-electron chi connectivity index (χ1n) is 10.6. The Morgan fingerprint density at radius 2 is 2.03 bits per heavy atom. The number of ether oxygens (including phenoxy) is 3. The molecule has 1 fully saturated rings. The zero-order chi connectivity index (χ0) is 24.4. The molecule has 0 aromatic heterocycles. The first kappa shape index (κ1) is 26.1. The molecule has 1 aromatic carbocycles. The summed E-state index contributed by atoms with van der Waals surface area (Å²) in [5.74, 6) is -1.80. The number of benzene rings is 1. The Balaban J connectivity index is 2.13. The standard InChI is InChI=1S/C22H30N2O9/c1-13(2)22(30)31-11-14-3-4-17(15(7-14)10-24-19(27)5-6-23-12-25)32-20-9-16(26)8-18(33-20)21(28)29/h3-4,7,12-13,16,18,20,26H,5-6,8-11H2,1-2H3,(H,23,25)(H,24,27)(H,28,29). The number of aliphatic hydroxyl groups excluding tert-OH is 1. The molecule has 0 saturated carbocycles. The molecule has 3 atom stereocenters. The van der Waals surface area contributed by atoms with Crippen LogP contribution < -0.4 is 15.4 Å². The molecule has 182 valence electrons. The maximum atomic E-state index is 12.0. The van der Waals surface area contributed by atoms with Gasteiger partial charge in [0.05, 0.1) is 12.0 Å². The minimum Gasteiger partial charge on any atom is -0.479 e. The number of rotatable bonds is 12. The van der Waals surface area contributed by atoms with E-state index < -0.39 is 24.5 Å². The van der Waals surface area contributed by atoms with Crippen LogP contribution in [0.5, 0.6) is 5.75 Å². The van der Waals surface area contributed by atoms with Crippen LogP contribution in [-0.4, -0.2) is 59.5 Å². The molecule has 0 radical (unpaired) electrons. The number of carbonyl (C=O) groups excluding carboxylic acids is 3. The van der Waals surface area contributed by atoms with Gasteiger partial charge in [-0.1, -0.05) is 19.9 Å². The molecule has 1 aliphatic rings. The SMILES string of the molecule is CC(C)C(=O)OCc1ccc(OC2CC(O)CC(C(=O)O)O2)c(CNC(=O)CCNC=O)c1. The highest BCUT2D eigenvalue weighted by Gasteiger charge is 2.34. The van der Waals surface area contributed by atoms with Crippen molar-refractivity contribution in [1.82, 2.24) is 10.6 Å². The number of aliphatic hydroxyl groups is 1. The predicted octanol–water partition coefficient (Wildman–Crippen LogP) is 0.468. The van der Waals surface area contributed by atoms with Gasteiger partial charge in [-0.2, -0.15) is 0 Å². The second kappa shape index (κ2) is 12.8. The Morgan fingerprint density at radius 1 is 1.27 bits per heavy atom. The molecule has 11 nitrogen and oxygen atoms in total. The summed E-state index contributed by atoms with van der Waals surface area (Å²) in [5.41, 5.74) is 1.21. The van der Waals surface area contributed by atoms with Gasteiger partial charge in [0.15, 0.2) is 6.10 Å². The maximum Gasteiger partial charge on any atom is 0.333 e. The molecule has 0 spiro atoms. The Bertz CT molecular complexity index is 843. The van der Waals surface area contributed by atoms with E-state index >= 15 is 0 Å². The zero-order valence-electron chi connectivity index (χ0n) is 18.6. The third-order valence-electron chi connectivity index (χ3n) is 4.83. The number of carboxylic acids is 1. The highest BCUT2D eigenvalue weighted by atomic mass is 16.7. The molecule has 0 aliphatic carbocycles. The van der Waals surface area contributed by atoms with Crippen LogP contribution in [0.3, 0.4) is 0 Å². The number of hydrogen-bond acceptors (Lipinski definition) is 8. The lowest BCUT2D eigenvalue weighted by molar-refractivity contribution is -0.195. The van der Waals surface area contributed by atoms with Crippen molar-refractivity contribution in [1.29, 1.82) is 0 Å². The highest BCUT2D eigenvalue weighted by molar-refractivity contribution is 5.76. The van der Waals surface area contributed by atoms with E-state index in [4.69, 9.17) is 14.2 Å². The number of aliphatic carboxylic acids is 1. The lowest BCUT2D eigenvalue weighted by atomic mass is 10.1. The Hall–Kier alpha value is -3.18. The second-order valence-electron chi connectivity index (χ2n) is 7.94. The fourth-order valence-corrected chi connectivity index (χ4v) is 3.06. The maximum absolute atomic E-state index is 12.0. The van der Waals surface area contributed by atoms with Gasteiger partial charge in [-0.3, -0.25) is 14.4 Å². The van der Waals surface area contributed by atoms with Gasteiger partial charge < -0.3 is 35.1 Å². The van der Waals surface area contributed by atoms with Crippen molar-refractivity contribution in [3.63, 3.8) is 0 Å². The fraction of sp³-hybridized carbons (Fsp3) is 0.545. The molecule has 1 aromatic rings. The highest BCUT2D eigenvalue weighted by Crippen LogP contribution is 2.27. The molecule has 3 unspecified atom stereocenters. The molecule has 1 saturated heterocycles. The third-order valence-corrected chi connectivity index (χ3v) is 4.83. The zero-order valence-corrected chi connectivity index (χ0v) is 18.6. The normalized spacial score (nSPS) is 20.1. The van der Waals surface area contributed by atoms with Crippen molar-refractivity contribution in [2.45, 2.75) is 64.8 Å². The van der Waals surface area contributed by atoms with Crippen molar-refractivity contribution in [3.8, 4) is 5.75 Å². The van der Waals surface area contributed by atoms with Gasteiger partial charge in [0.25, 0.3) is 0 Å². The number of nitrogens with one attached hydrogen (secondary N) is 2. The third kappa shape index (κ3) is 8.70. The first-order chi connectivity index (χ1) is 15.7. The Morgan fingerprint density at radius 3 is 2.70 bits per heavy atom. The van der Waals surface area contributed by atoms with Crippen LogP contribution in [-0.2, 0) is 41.8 Å². The fourth-order valence-electron chi connectivity index (χ4n) is 3.06. The topological polar surface area (TPSA) is 160 Å². The van der Waals surface area contributed by atoms with Gasteiger partial charge >= 0.3 is 11.9 Å². The number of amides is 2. The molecule has 1 aliphatic heterocycles. The van der Waals surface area contributed by atoms with Crippen molar-refractivity contribution in [2.24, 2.45) is 5.92 Å². The molecular weight excluding hydrogens is 436 g/mol. The first-order valence-corrected chi connectivity index (χ1v) is 10.6. The molecule has 2 rings (SSSR count). The molecular formula is C22H30N2O9. The minimum absolute atomic E-state index is 0.0290. The largest absolute Gasteiger partial charge is 0.479 e. The van der Waals surface area contributed by atoms with Crippen LogP contribution in [0.2, 0.25) is 0 Å². The van der Waals surface area contributed by atoms with E-state index in [1.165, 1.54) is 0 Å². The Labute approximate surface area is 191 Å². The quantitative estimate of drug-likeness (QED) is 0.195. The molecule has 2 amide bonds. The number of carbonyl (C=O) groups is 4. The molecule has 4 N–H and O–H groups in total. The summed E-state index contributed by atoms with van der Waals surface area (Å²) < 4.78 is 16.5. The van der Waals surface area contributed by atoms with Gasteiger partial charge in [0.1, 0.15) is 12.4 Å². The van der Waals surface area contributed by atoms with E-state index in [9.17, 15) is 29.4 Å². The van der Waals surface area contributed by atoms with E-state index in [1.807, 2.05) is 0 Å². The van der Waals surface area contributed by atoms with E-state index in [0.29, 0.717) is 23.3 Å². The molecule has 1 heterocycles. The summed E-state index contributed by atoms with van der Waals surface area (Å²) in [7, 11) is 0. The van der Waals surface area contributed by atoms with Gasteiger partial charge in [-0.05, 0) is 17.7 Å². The molecule has 0 bridgehead atoms. The number of carboxylic acid groups (broad SMARTS) is 1. The van der Waals surface area contributed by atoms with Crippen LogP contribution >= 0.6 is 0 Å². The second-order valence-corrected chi connectivity index (χ2v) is 7.94. The monoisotopic (exact) mass is 466 g/mol. The predicted molar refractivity (Wildman–Crippen MR) is 114 cm³/mol. The van der Waals surface area contributed by atoms with Gasteiger partial charge in [-0.15, -0.1) is 0 Å². The average Bonchev–Trinajstić information content (AvgIpc) is 2.76. The summed E-state index contributed by atoms with van der Waals surface area (Å²) in [6.45, 7) is 3.74. The van der Waals surface area contributed by atoms with E-state index in [2.05, 4.69) is 10.6 Å². The minimum atomic E-state index is -1.19. The van der Waals surface area contributed by atoms with Gasteiger partial charge in [0.2, 0.25) is 18.6 Å². The van der Waals surface area contributed by atoms with Crippen molar-refractivity contribution < 1.29 is 43.6 Å². The number of esters is 1. The van der Waals surface area contributed by atoms with Crippen molar-refractivity contribution in [2.75, 3.05) is 6.54 Å². The Kier molecular flexibility index (Phi) is 10.1. The summed E-state index contributed by atoms with van der Waals surface area (Å²) in [6, 6.07) is 4.98. The summed E-state index contributed by atoms with van der Waals surface area (Å²) >= 11 is 0. The van der Waals surface area contributed by atoms with Gasteiger partial charge in [0, 0.05) is 37.9 Å². The summed E-state index contributed by atoms with van der Waals surface area (Å²) in [6.07, 6.45) is -2.45. The molecule has 33 heavy (non-hydrogen) atoms.